The van der Waals surface area contributed by atoms with Crippen molar-refractivity contribution in [3.05, 3.63) is 244 Å². The maximum absolute atomic E-state index is 10.3. The van der Waals surface area contributed by atoms with Crippen LogP contribution in [0.25, 0.3) is 11.1 Å². The summed E-state index contributed by atoms with van der Waals surface area (Å²) >= 11 is 0. The number of aromatic hydroxyl groups is 2. The molecule has 0 saturated heterocycles. The van der Waals surface area contributed by atoms with Crippen LogP contribution in [0.5, 0.6) is 86.2 Å². The summed E-state index contributed by atoms with van der Waals surface area (Å²) in [5.41, 5.74) is 41.4. The Hall–Kier alpha value is -9.23. The van der Waals surface area contributed by atoms with Gasteiger partial charge in [-0.15, -0.1) is 0 Å². The molecule has 0 aliphatic carbocycles. The summed E-state index contributed by atoms with van der Waals surface area (Å²) < 4.78 is 64.4. The first kappa shape index (κ1) is 97.2. The van der Waals surface area contributed by atoms with Gasteiger partial charge in [0, 0.05) is 0 Å². The Labute approximate surface area is 731 Å². The Bertz CT molecular complexity index is 5110. The summed E-state index contributed by atoms with van der Waals surface area (Å²) in [6, 6.07) is 22.3. The molecule has 121 heavy (non-hydrogen) atoms. The van der Waals surface area contributed by atoms with E-state index in [2.05, 4.69) is 237 Å². The average Bonchev–Trinajstić information content (AvgIpc) is 0.721. The van der Waals surface area contributed by atoms with E-state index in [4.69, 9.17) is 46.1 Å². The Kier molecular flexibility index (Phi) is 31.4. The van der Waals surface area contributed by atoms with Gasteiger partial charge in [-0.05, 0) is 535 Å². The van der Waals surface area contributed by atoms with Crippen molar-refractivity contribution in [1.29, 1.82) is 0 Å². The number of benzene rings is 10. The van der Waals surface area contributed by atoms with Crippen LogP contribution in [0.15, 0.2) is 60.7 Å². The number of phenols is 2. The third-order valence-corrected chi connectivity index (χ3v) is 37.8. The van der Waals surface area contributed by atoms with Gasteiger partial charge in [-0.2, -0.15) is 0 Å². The molecular weight excluding hydrogens is 1550 g/mol. The highest BCUT2D eigenvalue weighted by Crippen LogP contribution is 2.49. The second-order valence-corrected chi connectivity index (χ2v) is 48.9. The third kappa shape index (κ3) is 21.5. The molecule has 0 radical (unpaired) electrons. The van der Waals surface area contributed by atoms with Gasteiger partial charge in [0.05, 0.1) is 21.3 Å². The predicted octanol–water partition coefficient (Wildman–Crippen LogP) is 30.4. The normalized spacial score (nSPS) is 11.6. The van der Waals surface area contributed by atoms with Crippen molar-refractivity contribution in [3.63, 3.8) is 0 Å². The lowest BCUT2D eigenvalue weighted by Gasteiger charge is -2.39. The second kappa shape index (κ2) is 39.1. The molecule has 0 aliphatic rings. The number of rotatable bonds is 26. The molecule has 0 heterocycles. The fourth-order valence-corrected chi connectivity index (χ4v) is 31.7. The van der Waals surface area contributed by atoms with E-state index in [1.807, 2.05) is 77.9 Å². The number of methoxy groups -OCH3 is 3. The summed E-state index contributed by atoms with van der Waals surface area (Å²) in [6.07, 6.45) is 3.80. The molecule has 10 rings (SSSR count). The van der Waals surface area contributed by atoms with Gasteiger partial charge in [0.15, 0.2) is 39.6 Å². The van der Waals surface area contributed by atoms with Gasteiger partial charge < -0.3 is 56.3 Å². The smallest absolute Gasteiger partial charge is 0.311 e. The molecule has 0 atom stereocenters. The van der Waals surface area contributed by atoms with Gasteiger partial charge in [0.2, 0.25) is 0 Å². The topological polar surface area (TPSA) is 133 Å². The number of hydrogen-bond acceptors (Lipinski definition) is 12. The molecule has 0 amide bonds. The van der Waals surface area contributed by atoms with Crippen LogP contribution < -0.4 is 37.9 Å². The van der Waals surface area contributed by atoms with Crippen LogP contribution in [0.3, 0.4) is 0 Å². The van der Waals surface area contributed by atoms with E-state index >= 15 is 0 Å². The first-order chi connectivity index (χ1) is 56.3. The number of aryl methyl sites for hydroxylation is 10. The van der Waals surface area contributed by atoms with E-state index in [9.17, 15) is 10.2 Å². The summed E-state index contributed by atoms with van der Waals surface area (Å²) in [5.74, 6) is 10.8. The highest BCUT2D eigenvalue weighted by Gasteiger charge is 2.40. The standard InChI is InChI=1S/C64H88O10Si3.C22H30.C20H26O2/c1-37-31-53(32-38(2)57(37)65)69-61-43(7)47(11)63(48(12)44(61)8)71-59-41(5)29-51(35-55(59)67-15)25-23-27-75(17,18)73-77(21,22)74-76(19,20)28-24-26-52-30-42(6)60(56(36-52)68-16)72-64-49(13)45(9)62(46(10)50(64)14)70-54-33-39(3)58(66)40(4)34-54;1-11-13(3)17(7)21(18(8)14(11)4)22-19(9)15(5)12(2)16(6)20(22)10;1-11-9-18(10-12(2)19(11)21-8)22-20-16(6)14(4)13(3)15(5)17(20)7/h29-36,65-66H,23-28H2,1-22H3;1-10H3;9-10H,1-8H3. The second-order valence-electron chi connectivity index (χ2n) is 36.4. The predicted molar refractivity (Wildman–Crippen MR) is 514 cm³/mol. The average molecular weight is 1690 g/mol. The molecule has 0 aromatic heterocycles. The monoisotopic (exact) mass is 1690 g/mol. The van der Waals surface area contributed by atoms with Crippen molar-refractivity contribution >= 4 is 25.2 Å². The number of hydrogen-bond donors (Lipinski definition) is 2. The van der Waals surface area contributed by atoms with E-state index in [0.29, 0.717) is 46.0 Å². The van der Waals surface area contributed by atoms with E-state index < -0.39 is 25.2 Å². The van der Waals surface area contributed by atoms with Crippen LogP contribution in [0.1, 0.15) is 196 Å². The molecule has 0 aliphatic heterocycles. The minimum Gasteiger partial charge on any atom is -0.507 e. The molecule has 652 valence electrons. The minimum atomic E-state index is -2.45. The lowest BCUT2D eigenvalue weighted by atomic mass is 9.80. The van der Waals surface area contributed by atoms with Crippen molar-refractivity contribution in [1.82, 2.24) is 0 Å². The fraction of sp³-hybridized carbons (Fsp3) is 0.434. The molecule has 0 bridgehead atoms. The molecule has 12 nitrogen and oxygen atoms in total. The molecule has 0 spiro atoms. The van der Waals surface area contributed by atoms with Crippen LogP contribution >= 0.6 is 0 Å². The quantitative estimate of drug-likeness (QED) is 0.0500. The lowest BCUT2D eigenvalue weighted by molar-refractivity contribution is 0.374. The molecule has 10 aromatic carbocycles. The van der Waals surface area contributed by atoms with Crippen LogP contribution in [-0.4, -0.2) is 56.7 Å². The van der Waals surface area contributed by atoms with Crippen LogP contribution in [0, 0.1) is 215 Å². The Morgan fingerprint density at radius 2 is 0.446 bits per heavy atom. The maximum atomic E-state index is 10.3. The summed E-state index contributed by atoms with van der Waals surface area (Å²) in [5, 5.41) is 20.7. The molecule has 15 heteroatoms. The number of ether oxygens (including phenoxy) is 8. The lowest BCUT2D eigenvalue weighted by Crippen LogP contribution is -2.52. The summed E-state index contributed by atoms with van der Waals surface area (Å²) in [6.45, 7) is 79.6. The molecular formula is C106H144O12Si3. The Balaban J connectivity index is 0.000000331. The first-order valence-corrected chi connectivity index (χ1v) is 52.1. The van der Waals surface area contributed by atoms with E-state index in [1.54, 1.807) is 21.3 Å². The minimum absolute atomic E-state index is 0.291. The zero-order valence-corrected chi connectivity index (χ0v) is 84.5. The van der Waals surface area contributed by atoms with Crippen LogP contribution in [0.2, 0.25) is 51.4 Å². The SMILES string of the molecule is COc1c(C)cc(Oc2c(C)c(C)c(C)c(C)c2C)cc1C.COc1cc(CCC[Si](C)(C)O[Si](C)(C)O[Si](C)(C)CCCc2cc(C)c(Oc3c(C)c(C)c(Oc4cc(C)c(O)c(C)c4)c(C)c3C)c(OC)c2)cc(C)c1Oc1c(C)c(C)c(Oc2cc(C)c(O)c(C)c2)c(C)c1C.Cc1c(C)c(C)c(-c2c(C)c(C)c(C)c(C)c2C)c(C)c1C. The molecule has 10 aromatic rings. The van der Waals surface area contributed by atoms with E-state index in [-0.39, 0.29) is 0 Å². The van der Waals surface area contributed by atoms with Crippen molar-refractivity contribution < 1.29 is 56.3 Å². The fourth-order valence-electron chi connectivity index (χ4n) is 17.6. The third-order valence-electron chi connectivity index (χ3n) is 26.4. The molecule has 0 unspecified atom stereocenters. The van der Waals surface area contributed by atoms with Gasteiger partial charge in [-0.1, -0.05) is 12.1 Å². The summed E-state index contributed by atoms with van der Waals surface area (Å²) in [7, 11) is -1.50. The largest absolute Gasteiger partial charge is 0.507 e. The van der Waals surface area contributed by atoms with Gasteiger partial charge >= 0.3 is 8.56 Å². The zero-order valence-electron chi connectivity index (χ0n) is 81.5. The summed E-state index contributed by atoms with van der Waals surface area (Å²) in [4.78, 5) is 0. The maximum Gasteiger partial charge on any atom is 0.311 e. The van der Waals surface area contributed by atoms with E-state index in [0.717, 1.165) is 167 Å². The Morgan fingerprint density at radius 3 is 0.694 bits per heavy atom. The highest BCUT2D eigenvalue weighted by atomic mass is 28.5. The van der Waals surface area contributed by atoms with Gasteiger partial charge in [-0.25, -0.2) is 0 Å². The van der Waals surface area contributed by atoms with Crippen molar-refractivity contribution in [3.8, 4) is 97.4 Å². The first-order valence-electron chi connectivity index (χ1n) is 43.1. The van der Waals surface area contributed by atoms with Crippen LogP contribution in [0.4, 0.5) is 0 Å². The van der Waals surface area contributed by atoms with Crippen molar-refractivity contribution in [2.45, 2.75) is 292 Å². The molecule has 2 N–H and O–H groups in total. The highest BCUT2D eigenvalue weighted by molar-refractivity contribution is 6.87. The number of phenolic OH excluding ortho intramolecular Hbond substituents is 2. The van der Waals surface area contributed by atoms with Gasteiger partial charge in [-0.3, -0.25) is 0 Å². The van der Waals surface area contributed by atoms with E-state index in [1.165, 1.54) is 106 Å². The molecule has 0 saturated carbocycles. The molecule has 0 fully saturated rings. The van der Waals surface area contributed by atoms with Crippen molar-refractivity contribution in [2.24, 2.45) is 0 Å². The Morgan fingerprint density at radius 1 is 0.231 bits per heavy atom. The van der Waals surface area contributed by atoms with Crippen LogP contribution in [-0.2, 0) is 21.1 Å². The van der Waals surface area contributed by atoms with Crippen molar-refractivity contribution in [2.75, 3.05) is 21.3 Å². The van der Waals surface area contributed by atoms with Gasteiger partial charge in [0.25, 0.3) is 0 Å². The zero-order chi connectivity index (χ0) is 90.8. The van der Waals surface area contributed by atoms with Gasteiger partial charge in [0.1, 0.15) is 63.2 Å².